The molecule has 8 heteroatoms. The number of rotatable bonds is 8. The molecule has 0 radical (unpaired) electrons. The van der Waals surface area contributed by atoms with Crippen LogP contribution in [0.4, 0.5) is 0 Å². The van der Waals surface area contributed by atoms with Crippen molar-refractivity contribution in [1.82, 2.24) is 14.8 Å². The van der Waals surface area contributed by atoms with Crippen LogP contribution >= 0.6 is 23.4 Å². The number of carbonyl (C=O) groups is 1. The summed E-state index contributed by atoms with van der Waals surface area (Å²) in [5.74, 6) is 2.05. The molecule has 0 saturated heterocycles. The summed E-state index contributed by atoms with van der Waals surface area (Å²) in [6.45, 7) is 2.70. The van der Waals surface area contributed by atoms with Crippen LogP contribution in [0.1, 0.15) is 17.3 Å². The molecule has 6 nitrogen and oxygen atoms in total. The third-order valence-corrected chi connectivity index (χ3v) is 5.40. The van der Waals surface area contributed by atoms with E-state index >= 15 is 0 Å². The van der Waals surface area contributed by atoms with Gasteiger partial charge >= 0.3 is 0 Å². The van der Waals surface area contributed by atoms with Crippen LogP contribution < -0.4 is 9.47 Å². The molecular weight excluding hydrogens is 398 g/mol. The first kappa shape index (κ1) is 20.2. The van der Waals surface area contributed by atoms with E-state index < -0.39 is 0 Å². The van der Waals surface area contributed by atoms with Gasteiger partial charge in [0, 0.05) is 23.2 Å². The summed E-state index contributed by atoms with van der Waals surface area (Å²) in [6, 6.07) is 12.6. The molecule has 0 aliphatic carbocycles. The quantitative estimate of drug-likeness (QED) is 0.394. The number of Topliss-reactive ketones (excluding diaryl/α,β-unsaturated/α-hetero) is 1. The molecule has 0 bridgehead atoms. The summed E-state index contributed by atoms with van der Waals surface area (Å²) in [5, 5.41) is 9.91. The molecule has 0 aliphatic rings. The fourth-order valence-corrected chi connectivity index (χ4v) is 3.74. The van der Waals surface area contributed by atoms with Gasteiger partial charge in [0.05, 0.1) is 25.5 Å². The topological polar surface area (TPSA) is 66.2 Å². The van der Waals surface area contributed by atoms with Gasteiger partial charge in [0.25, 0.3) is 0 Å². The van der Waals surface area contributed by atoms with E-state index in [0.29, 0.717) is 33.8 Å². The van der Waals surface area contributed by atoms with Gasteiger partial charge in [-0.15, -0.1) is 10.2 Å². The summed E-state index contributed by atoms with van der Waals surface area (Å²) in [4.78, 5) is 12.7. The van der Waals surface area contributed by atoms with Crippen LogP contribution in [0.15, 0.2) is 47.6 Å². The van der Waals surface area contributed by atoms with Gasteiger partial charge < -0.3 is 14.0 Å². The Bertz CT molecular complexity index is 973. The molecule has 0 N–H and O–H groups in total. The number of aromatic nitrogens is 3. The summed E-state index contributed by atoms with van der Waals surface area (Å²) in [6.07, 6.45) is 0. The predicted molar refractivity (Wildman–Crippen MR) is 111 cm³/mol. The van der Waals surface area contributed by atoms with E-state index in [0.717, 1.165) is 11.4 Å². The average Bonchev–Trinajstić information content (AvgIpc) is 3.14. The minimum absolute atomic E-state index is 0.0526. The lowest BCUT2D eigenvalue weighted by Gasteiger charge is -2.10. The molecule has 146 valence electrons. The van der Waals surface area contributed by atoms with Crippen molar-refractivity contribution in [1.29, 1.82) is 0 Å². The van der Waals surface area contributed by atoms with Gasteiger partial charge in [0.15, 0.2) is 16.8 Å². The molecule has 0 aliphatic heterocycles. The maximum Gasteiger partial charge on any atom is 0.191 e. The van der Waals surface area contributed by atoms with Crippen molar-refractivity contribution in [2.45, 2.75) is 18.6 Å². The number of thioether (sulfide) groups is 1. The second-order valence-corrected chi connectivity index (χ2v) is 7.21. The van der Waals surface area contributed by atoms with Gasteiger partial charge in [-0.25, -0.2) is 0 Å². The average molecular weight is 418 g/mol. The minimum Gasteiger partial charge on any atom is -0.497 e. The summed E-state index contributed by atoms with van der Waals surface area (Å²) in [5.41, 5.74) is 1.44. The largest absolute Gasteiger partial charge is 0.497 e. The number of ketones is 1. The van der Waals surface area contributed by atoms with E-state index in [1.54, 1.807) is 25.3 Å². The molecule has 2 aromatic carbocycles. The molecule has 0 unspecified atom stereocenters. The molecule has 28 heavy (non-hydrogen) atoms. The van der Waals surface area contributed by atoms with Gasteiger partial charge in [-0.05, 0) is 43.3 Å². The summed E-state index contributed by atoms with van der Waals surface area (Å²) < 4.78 is 12.5. The van der Waals surface area contributed by atoms with Crippen molar-refractivity contribution in [2.75, 3.05) is 20.0 Å². The van der Waals surface area contributed by atoms with Gasteiger partial charge in [-0.3, -0.25) is 4.79 Å². The van der Waals surface area contributed by atoms with Gasteiger partial charge in [-0.1, -0.05) is 23.4 Å². The first-order chi connectivity index (χ1) is 13.6. The zero-order valence-electron chi connectivity index (χ0n) is 15.8. The highest BCUT2D eigenvalue weighted by Gasteiger charge is 2.17. The third-order valence-electron chi connectivity index (χ3n) is 4.18. The van der Waals surface area contributed by atoms with E-state index in [2.05, 4.69) is 10.2 Å². The van der Waals surface area contributed by atoms with E-state index in [1.807, 2.05) is 35.8 Å². The van der Waals surface area contributed by atoms with E-state index in [4.69, 9.17) is 21.1 Å². The monoisotopic (exact) mass is 417 g/mol. The van der Waals surface area contributed by atoms with Crippen LogP contribution in [-0.4, -0.2) is 40.5 Å². The number of ether oxygens (including phenoxy) is 2. The van der Waals surface area contributed by atoms with Crippen LogP contribution in [0.2, 0.25) is 5.02 Å². The van der Waals surface area contributed by atoms with Crippen molar-refractivity contribution >= 4 is 29.1 Å². The highest BCUT2D eigenvalue weighted by Crippen LogP contribution is 2.28. The van der Waals surface area contributed by atoms with Crippen molar-refractivity contribution < 1.29 is 14.3 Å². The van der Waals surface area contributed by atoms with E-state index in [9.17, 15) is 4.79 Å². The molecule has 0 atom stereocenters. The second-order valence-electron chi connectivity index (χ2n) is 5.84. The maximum atomic E-state index is 12.7. The smallest absolute Gasteiger partial charge is 0.191 e. The number of nitrogens with zero attached hydrogens (tertiary/aromatic N) is 3. The Hall–Kier alpha value is -2.51. The number of halogens is 1. The van der Waals surface area contributed by atoms with E-state index in [-0.39, 0.29) is 11.5 Å². The second kappa shape index (κ2) is 9.12. The first-order valence-electron chi connectivity index (χ1n) is 8.64. The molecular formula is C20H20ClN3O3S. The predicted octanol–water partition coefficient (Wildman–Crippen LogP) is 4.61. The zero-order valence-corrected chi connectivity index (χ0v) is 17.4. The summed E-state index contributed by atoms with van der Waals surface area (Å²) in [7, 11) is 3.10. The molecule has 0 fully saturated rings. The molecule has 0 saturated carbocycles. The SMILES string of the molecule is CCn1c(SCC(=O)c2ccc(OC)cc2OC)nnc1-c1ccc(Cl)cc1. The van der Waals surface area contributed by atoms with Gasteiger partial charge in [0.2, 0.25) is 0 Å². The molecule has 3 aromatic rings. The fraction of sp³-hybridized carbons (Fsp3) is 0.250. The number of benzene rings is 2. The maximum absolute atomic E-state index is 12.7. The Morgan fingerprint density at radius 3 is 2.50 bits per heavy atom. The lowest BCUT2D eigenvalue weighted by Crippen LogP contribution is -2.07. The lowest BCUT2D eigenvalue weighted by molar-refractivity contribution is 0.101. The Morgan fingerprint density at radius 2 is 1.86 bits per heavy atom. The van der Waals surface area contributed by atoms with Crippen molar-refractivity contribution in [3.63, 3.8) is 0 Å². The van der Waals surface area contributed by atoms with Crippen molar-refractivity contribution in [3.8, 4) is 22.9 Å². The van der Waals surface area contributed by atoms with Crippen molar-refractivity contribution in [2.24, 2.45) is 0 Å². The Kier molecular flexibility index (Phi) is 6.59. The first-order valence-corrected chi connectivity index (χ1v) is 10.0. The van der Waals surface area contributed by atoms with Crippen LogP contribution in [0.25, 0.3) is 11.4 Å². The standard InChI is InChI=1S/C20H20ClN3O3S/c1-4-24-19(13-5-7-14(21)8-6-13)22-23-20(24)28-12-17(25)16-10-9-15(26-2)11-18(16)27-3/h5-11H,4,12H2,1-3H3. The highest BCUT2D eigenvalue weighted by molar-refractivity contribution is 7.99. The van der Waals surface area contributed by atoms with Gasteiger partial charge in [0.1, 0.15) is 11.5 Å². The normalized spacial score (nSPS) is 10.7. The molecule has 0 amide bonds. The van der Waals surface area contributed by atoms with Crippen LogP contribution in [0, 0.1) is 0 Å². The van der Waals surface area contributed by atoms with E-state index in [1.165, 1.54) is 18.9 Å². The molecule has 0 spiro atoms. The molecule has 1 heterocycles. The van der Waals surface area contributed by atoms with Crippen LogP contribution in [0.3, 0.4) is 0 Å². The number of methoxy groups -OCH3 is 2. The van der Waals surface area contributed by atoms with Crippen molar-refractivity contribution in [3.05, 3.63) is 53.1 Å². The highest BCUT2D eigenvalue weighted by atomic mass is 35.5. The van der Waals surface area contributed by atoms with Crippen LogP contribution in [-0.2, 0) is 6.54 Å². The summed E-state index contributed by atoms with van der Waals surface area (Å²) >= 11 is 7.31. The number of hydrogen-bond acceptors (Lipinski definition) is 6. The number of carbonyl (C=O) groups excluding carboxylic acids is 1. The number of hydrogen-bond donors (Lipinski definition) is 0. The lowest BCUT2D eigenvalue weighted by atomic mass is 10.1. The zero-order chi connectivity index (χ0) is 20.1. The Balaban J connectivity index is 1.78. The Labute approximate surface area is 172 Å². The van der Waals surface area contributed by atoms with Crippen LogP contribution in [0.5, 0.6) is 11.5 Å². The Morgan fingerprint density at radius 1 is 1.11 bits per heavy atom. The minimum atomic E-state index is -0.0526. The third kappa shape index (κ3) is 4.31. The fourth-order valence-electron chi connectivity index (χ4n) is 2.73. The molecule has 1 aromatic heterocycles. The van der Waals surface area contributed by atoms with Gasteiger partial charge in [-0.2, -0.15) is 0 Å². The molecule has 3 rings (SSSR count).